The van der Waals surface area contributed by atoms with Gasteiger partial charge >= 0.3 is 0 Å². The van der Waals surface area contributed by atoms with E-state index in [1.165, 1.54) is 0 Å². The van der Waals surface area contributed by atoms with E-state index in [9.17, 15) is 10.2 Å². The molecule has 148 valence electrons. The van der Waals surface area contributed by atoms with Gasteiger partial charge in [-0.2, -0.15) is 0 Å². The quantitative estimate of drug-likeness (QED) is 0.432. The maximum absolute atomic E-state index is 9.58. The maximum Gasteiger partial charge on any atom is 0.119 e. The van der Waals surface area contributed by atoms with Crippen molar-refractivity contribution >= 4 is 21.5 Å². The molecule has 0 aliphatic heterocycles. The molecule has 0 aliphatic rings. The normalized spacial score (nSPS) is 11.7. The molecule has 4 aromatic rings. The minimum absolute atomic E-state index is 0.187. The highest BCUT2D eigenvalue weighted by Gasteiger charge is 2.20. The SMILES string of the molecule is CC(C)(COc1ccc2cc(O)ccc2c1)COc1ccc2cc(O)ccc2c1. The van der Waals surface area contributed by atoms with Crippen molar-refractivity contribution in [3.05, 3.63) is 72.8 Å². The van der Waals surface area contributed by atoms with Crippen LogP contribution in [0, 0.1) is 5.41 Å². The Morgan fingerprint density at radius 2 is 0.966 bits per heavy atom. The lowest BCUT2D eigenvalue weighted by atomic mass is 9.96. The minimum atomic E-state index is -0.187. The van der Waals surface area contributed by atoms with Crippen LogP contribution in [0.4, 0.5) is 0 Å². The highest BCUT2D eigenvalue weighted by atomic mass is 16.5. The summed E-state index contributed by atoms with van der Waals surface area (Å²) in [6.45, 7) is 5.23. The van der Waals surface area contributed by atoms with Gasteiger partial charge in [0.15, 0.2) is 0 Å². The Balaban J connectivity index is 1.38. The standard InChI is InChI=1S/C25H24O4/c1-25(2,15-28-23-9-5-17-11-21(26)7-3-19(17)13-23)16-29-24-10-6-18-12-22(27)8-4-20(18)14-24/h3-14,26-27H,15-16H2,1-2H3. The van der Waals surface area contributed by atoms with Crippen molar-refractivity contribution in [2.24, 2.45) is 5.41 Å². The number of hydrogen-bond acceptors (Lipinski definition) is 4. The summed E-state index contributed by atoms with van der Waals surface area (Å²) in [5, 5.41) is 23.2. The molecule has 4 rings (SSSR count). The molecule has 0 heterocycles. The Hall–Kier alpha value is -3.40. The van der Waals surface area contributed by atoms with E-state index in [4.69, 9.17) is 9.47 Å². The summed E-state index contributed by atoms with van der Waals surface area (Å²) in [5.41, 5.74) is -0.187. The van der Waals surface area contributed by atoms with Crippen molar-refractivity contribution in [2.45, 2.75) is 13.8 Å². The first-order chi connectivity index (χ1) is 13.9. The molecular weight excluding hydrogens is 364 g/mol. The average Bonchev–Trinajstić information content (AvgIpc) is 2.71. The number of benzene rings is 4. The second-order valence-corrected chi connectivity index (χ2v) is 8.13. The molecule has 0 saturated heterocycles. The Kier molecular flexibility index (Phi) is 4.93. The number of phenolic OH excluding ortho intramolecular Hbond substituents is 2. The van der Waals surface area contributed by atoms with Gasteiger partial charge in [-0.3, -0.25) is 0 Å². The molecular formula is C25H24O4. The molecule has 4 nitrogen and oxygen atoms in total. The zero-order chi connectivity index (χ0) is 20.4. The van der Waals surface area contributed by atoms with Crippen LogP contribution in [0.2, 0.25) is 0 Å². The van der Waals surface area contributed by atoms with Crippen LogP contribution in [0.1, 0.15) is 13.8 Å². The van der Waals surface area contributed by atoms with Gasteiger partial charge in [-0.25, -0.2) is 0 Å². The van der Waals surface area contributed by atoms with Gasteiger partial charge in [0.2, 0.25) is 0 Å². The van der Waals surface area contributed by atoms with E-state index >= 15 is 0 Å². The van der Waals surface area contributed by atoms with E-state index < -0.39 is 0 Å². The molecule has 0 spiro atoms. The molecule has 0 unspecified atom stereocenters. The third-order valence-electron chi connectivity index (χ3n) is 4.85. The summed E-state index contributed by atoms with van der Waals surface area (Å²) in [5.74, 6) is 2.11. The Morgan fingerprint density at radius 3 is 1.41 bits per heavy atom. The summed E-state index contributed by atoms with van der Waals surface area (Å²) in [4.78, 5) is 0. The van der Waals surface area contributed by atoms with Crippen LogP contribution in [0.3, 0.4) is 0 Å². The van der Waals surface area contributed by atoms with Crippen molar-refractivity contribution < 1.29 is 19.7 Å². The number of aromatic hydroxyl groups is 2. The third-order valence-corrected chi connectivity index (χ3v) is 4.85. The number of fused-ring (bicyclic) bond motifs is 2. The number of phenols is 2. The third kappa shape index (κ3) is 4.54. The van der Waals surface area contributed by atoms with Gasteiger partial charge in [0, 0.05) is 5.41 Å². The molecule has 0 aliphatic carbocycles. The fraction of sp³-hybridized carbons (Fsp3) is 0.200. The first-order valence-corrected chi connectivity index (χ1v) is 9.59. The van der Waals surface area contributed by atoms with Crippen molar-refractivity contribution in [2.75, 3.05) is 13.2 Å². The topological polar surface area (TPSA) is 58.9 Å². The average molecular weight is 388 g/mol. The first-order valence-electron chi connectivity index (χ1n) is 9.59. The smallest absolute Gasteiger partial charge is 0.119 e. The predicted octanol–water partition coefficient (Wildman–Crippen LogP) is 5.89. The van der Waals surface area contributed by atoms with Crippen LogP contribution in [-0.4, -0.2) is 23.4 Å². The zero-order valence-corrected chi connectivity index (χ0v) is 16.6. The molecule has 0 fully saturated rings. The van der Waals surface area contributed by atoms with Crippen LogP contribution in [-0.2, 0) is 0 Å². The van der Waals surface area contributed by atoms with E-state index in [0.717, 1.165) is 33.0 Å². The second kappa shape index (κ2) is 7.55. The summed E-state index contributed by atoms with van der Waals surface area (Å²) < 4.78 is 12.0. The van der Waals surface area contributed by atoms with E-state index in [0.29, 0.717) is 13.2 Å². The second-order valence-electron chi connectivity index (χ2n) is 8.13. The lowest BCUT2D eigenvalue weighted by Crippen LogP contribution is -2.28. The lowest BCUT2D eigenvalue weighted by molar-refractivity contribution is 0.111. The number of ether oxygens (including phenoxy) is 2. The molecule has 0 aromatic heterocycles. The molecule has 4 aromatic carbocycles. The maximum atomic E-state index is 9.58. The summed E-state index contributed by atoms with van der Waals surface area (Å²) >= 11 is 0. The van der Waals surface area contributed by atoms with Gasteiger partial charge in [-0.1, -0.05) is 38.1 Å². The highest BCUT2D eigenvalue weighted by Crippen LogP contribution is 2.28. The molecule has 4 heteroatoms. The lowest BCUT2D eigenvalue weighted by Gasteiger charge is -2.25. The van der Waals surface area contributed by atoms with Crippen molar-refractivity contribution in [3.63, 3.8) is 0 Å². The van der Waals surface area contributed by atoms with Crippen LogP contribution in [0.15, 0.2) is 72.8 Å². The number of hydrogen-bond donors (Lipinski definition) is 2. The Labute approximate surface area is 169 Å². The minimum Gasteiger partial charge on any atom is -0.508 e. The van der Waals surface area contributed by atoms with Crippen LogP contribution >= 0.6 is 0 Å². The van der Waals surface area contributed by atoms with Crippen molar-refractivity contribution in [3.8, 4) is 23.0 Å². The largest absolute Gasteiger partial charge is 0.508 e. The van der Waals surface area contributed by atoms with E-state index in [1.807, 2.05) is 48.5 Å². The monoisotopic (exact) mass is 388 g/mol. The van der Waals surface area contributed by atoms with Crippen molar-refractivity contribution in [1.29, 1.82) is 0 Å². The molecule has 0 amide bonds. The fourth-order valence-electron chi connectivity index (χ4n) is 3.20. The summed E-state index contributed by atoms with van der Waals surface area (Å²) in [6, 6.07) is 22.3. The van der Waals surface area contributed by atoms with Crippen LogP contribution in [0.5, 0.6) is 23.0 Å². The van der Waals surface area contributed by atoms with E-state index in [2.05, 4.69) is 13.8 Å². The Morgan fingerprint density at radius 1 is 0.586 bits per heavy atom. The van der Waals surface area contributed by atoms with Gasteiger partial charge in [0.05, 0.1) is 13.2 Å². The molecule has 0 saturated carbocycles. The van der Waals surface area contributed by atoms with Crippen LogP contribution in [0.25, 0.3) is 21.5 Å². The van der Waals surface area contributed by atoms with Crippen LogP contribution < -0.4 is 9.47 Å². The number of rotatable bonds is 6. The van der Waals surface area contributed by atoms with Gasteiger partial charge in [-0.05, 0) is 70.1 Å². The van der Waals surface area contributed by atoms with Gasteiger partial charge < -0.3 is 19.7 Å². The molecule has 0 bridgehead atoms. The summed E-state index contributed by atoms with van der Waals surface area (Å²) in [7, 11) is 0. The Bertz CT molecular complexity index is 1070. The predicted molar refractivity (Wildman–Crippen MR) is 116 cm³/mol. The van der Waals surface area contributed by atoms with Gasteiger partial charge in [0.1, 0.15) is 23.0 Å². The van der Waals surface area contributed by atoms with E-state index in [1.54, 1.807) is 24.3 Å². The highest BCUT2D eigenvalue weighted by molar-refractivity contribution is 5.85. The first kappa shape index (κ1) is 18.9. The zero-order valence-electron chi connectivity index (χ0n) is 16.6. The van der Waals surface area contributed by atoms with Gasteiger partial charge in [-0.15, -0.1) is 0 Å². The summed E-state index contributed by atoms with van der Waals surface area (Å²) in [6.07, 6.45) is 0. The van der Waals surface area contributed by atoms with Crippen molar-refractivity contribution in [1.82, 2.24) is 0 Å². The van der Waals surface area contributed by atoms with Gasteiger partial charge in [0.25, 0.3) is 0 Å². The van der Waals surface area contributed by atoms with E-state index in [-0.39, 0.29) is 16.9 Å². The molecule has 0 radical (unpaired) electrons. The molecule has 0 atom stereocenters. The molecule has 29 heavy (non-hydrogen) atoms. The fourth-order valence-corrected chi connectivity index (χ4v) is 3.20. The molecule has 2 N–H and O–H groups in total.